The third-order valence-electron chi connectivity index (χ3n) is 4.38. The Kier molecular flexibility index (Phi) is 1.44. The van der Waals surface area contributed by atoms with Crippen molar-refractivity contribution >= 4 is 11.8 Å². The SMILES string of the molecule is C1=CC[C@@]23CCC[C@@]2(C1)CSC3. The van der Waals surface area contributed by atoms with Gasteiger partial charge in [-0.1, -0.05) is 18.6 Å². The number of hydrogen-bond donors (Lipinski definition) is 0. The summed E-state index contributed by atoms with van der Waals surface area (Å²) >= 11 is 2.21. The maximum Gasteiger partial charge on any atom is -0.000189 e. The summed E-state index contributed by atoms with van der Waals surface area (Å²) in [5.41, 5.74) is 1.51. The van der Waals surface area contributed by atoms with E-state index in [1.54, 1.807) is 0 Å². The van der Waals surface area contributed by atoms with Crippen LogP contribution in [-0.4, -0.2) is 11.5 Å². The molecule has 66 valence electrons. The lowest BCUT2D eigenvalue weighted by Crippen LogP contribution is -2.37. The first kappa shape index (κ1) is 7.49. The Morgan fingerprint density at radius 3 is 2.08 bits per heavy atom. The average Bonchev–Trinajstić information content (AvgIpc) is 2.57. The van der Waals surface area contributed by atoms with Crippen LogP contribution < -0.4 is 0 Å². The number of allylic oxidation sites excluding steroid dienone is 2. The second-order valence-corrected chi connectivity index (χ2v) is 5.77. The molecule has 1 saturated carbocycles. The molecule has 0 nitrogen and oxygen atoms in total. The van der Waals surface area contributed by atoms with Crippen LogP contribution in [0.15, 0.2) is 12.2 Å². The largest absolute Gasteiger partial charge is 0.161 e. The fourth-order valence-electron chi connectivity index (χ4n) is 3.56. The summed E-state index contributed by atoms with van der Waals surface area (Å²) in [5, 5.41) is 0. The van der Waals surface area contributed by atoms with E-state index in [1.807, 2.05) is 0 Å². The zero-order valence-electron chi connectivity index (χ0n) is 7.51. The van der Waals surface area contributed by atoms with Gasteiger partial charge >= 0.3 is 0 Å². The lowest BCUT2D eigenvalue weighted by Gasteiger charge is -2.41. The Bertz CT molecular complexity index is 197. The molecule has 3 aliphatic rings. The molecule has 0 aromatic rings. The third kappa shape index (κ3) is 0.717. The third-order valence-corrected chi connectivity index (χ3v) is 5.89. The van der Waals surface area contributed by atoms with E-state index in [2.05, 4.69) is 23.9 Å². The minimum atomic E-state index is 0.756. The second kappa shape index (κ2) is 2.31. The van der Waals surface area contributed by atoms with Crippen molar-refractivity contribution in [3.05, 3.63) is 12.2 Å². The highest BCUT2D eigenvalue weighted by Crippen LogP contribution is 2.65. The fraction of sp³-hybridized carbons (Fsp3) is 0.818. The summed E-state index contributed by atoms with van der Waals surface area (Å²) in [6.07, 6.45) is 12.2. The summed E-state index contributed by atoms with van der Waals surface area (Å²) in [5.74, 6) is 2.91. The quantitative estimate of drug-likeness (QED) is 0.516. The van der Waals surface area contributed by atoms with Crippen LogP contribution in [-0.2, 0) is 0 Å². The highest BCUT2D eigenvalue weighted by Gasteiger charge is 2.57. The molecule has 0 unspecified atom stereocenters. The Labute approximate surface area is 78.8 Å². The van der Waals surface area contributed by atoms with Crippen LogP contribution in [0.5, 0.6) is 0 Å². The van der Waals surface area contributed by atoms with Gasteiger partial charge < -0.3 is 0 Å². The van der Waals surface area contributed by atoms with E-state index < -0.39 is 0 Å². The van der Waals surface area contributed by atoms with E-state index in [0.717, 1.165) is 10.8 Å². The molecule has 1 heterocycles. The molecule has 2 fully saturated rings. The first-order valence-corrected chi connectivity index (χ1v) is 6.25. The number of hydrogen-bond acceptors (Lipinski definition) is 1. The highest BCUT2D eigenvalue weighted by molar-refractivity contribution is 7.99. The summed E-state index contributed by atoms with van der Waals surface area (Å²) in [6, 6.07) is 0. The minimum Gasteiger partial charge on any atom is -0.161 e. The molecule has 1 saturated heterocycles. The molecular formula is C11H16S. The maximum absolute atomic E-state index is 2.44. The van der Waals surface area contributed by atoms with E-state index in [9.17, 15) is 0 Å². The van der Waals surface area contributed by atoms with Crippen molar-refractivity contribution in [2.24, 2.45) is 10.8 Å². The van der Waals surface area contributed by atoms with Crippen LogP contribution in [0.2, 0.25) is 0 Å². The smallest absolute Gasteiger partial charge is 0.000189 e. The predicted octanol–water partition coefficient (Wildman–Crippen LogP) is 3.24. The molecule has 1 aliphatic heterocycles. The Morgan fingerprint density at radius 1 is 0.917 bits per heavy atom. The zero-order valence-corrected chi connectivity index (χ0v) is 8.33. The lowest BCUT2D eigenvalue weighted by atomic mass is 9.62. The first-order valence-electron chi connectivity index (χ1n) is 5.10. The first-order chi connectivity index (χ1) is 5.87. The van der Waals surface area contributed by atoms with Crippen LogP contribution in [0.4, 0.5) is 0 Å². The Morgan fingerprint density at radius 2 is 1.50 bits per heavy atom. The van der Waals surface area contributed by atoms with Gasteiger partial charge in [-0.3, -0.25) is 0 Å². The van der Waals surface area contributed by atoms with Gasteiger partial charge in [0.1, 0.15) is 0 Å². The van der Waals surface area contributed by atoms with Crippen LogP contribution in [0.1, 0.15) is 32.1 Å². The molecule has 0 radical (unpaired) electrons. The molecule has 0 amide bonds. The van der Waals surface area contributed by atoms with Crippen LogP contribution >= 0.6 is 11.8 Å². The zero-order chi connectivity index (χ0) is 8.07. The fourth-order valence-corrected chi connectivity index (χ4v) is 5.58. The van der Waals surface area contributed by atoms with E-state index in [1.165, 1.54) is 43.6 Å². The van der Waals surface area contributed by atoms with Crippen LogP contribution in [0.25, 0.3) is 0 Å². The lowest BCUT2D eigenvalue weighted by molar-refractivity contribution is 0.131. The molecule has 0 spiro atoms. The van der Waals surface area contributed by atoms with Crippen molar-refractivity contribution in [1.29, 1.82) is 0 Å². The van der Waals surface area contributed by atoms with E-state index in [0.29, 0.717) is 0 Å². The Hall–Kier alpha value is 0.0900. The molecule has 2 aliphatic carbocycles. The average molecular weight is 180 g/mol. The molecule has 3 rings (SSSR count). The molecule has 1 heteroatoms. The van der Waals surface area contributed by atoms with Crippen molar-refractivity contribution in [3.63, 3.8) is 0 Å². The van der Waals surface area contributed by atoms with Crippen LogP contribution in [0.3, 0.4) is 0 Å². The van der Waals surface area contributed by atoms with Gasteiger partial charge in [-0.25, -0.2) is 0 Å². The van der Waals surface area contributed by atoms with Crippen molar-refractivity contribution < 1.29 is 0 Å². The summed E-state index contributed by atoms with van der Waals surface area (Å²) in [4.78, 5) is 0. The molecule has 0 N–H and O–H groups in total. The van der Waals surface area contributed by atoms with Crippen LogP contribution in [0, 0.1) is 10.8 Å². The van der Waals surface area contributed by atoms with Crippen molar-refractivity contribution in [1.82, 2.24) is 0 Å². The normalized spacial score (nSPS) is 50.7. The van der Waals surface area contributed by atoms with Gasteiger partial charge in [0.25, 0.3) is 0 Å². The standard InChI is InChI=1S/C11H16S/c1-2-5-11-7-3-6-10(11,4-1)8-12-9-11/h1-2H,3-9H2/t10-,11-/m0/s1. The van der Waals surface area contributed by atoms with E-state index in [4.69, 9.17) is 0 Å². The maximum atomic E-state index is 2.44. The molecule has 2 atom stereocenters. The second-order valence-electron chi connectivity index (χ2n) is 4.79. The van der Waals surface area contributed by atoms with Gasteiger partial charge in [-0.05, 0) is 48.0 Å². The van der Waals surface area contributed by atoms with Gasteiger partial charge in [0, 0.05) is 0 Å². The van der Waals surface area contributed by atoms with Gasteiger partial charge in [0.15, 0.2) is 0 Å². The minimum absolute atomic E-state index is 0.756. The van der Waals surface area contributed by atoms with Crippen molar-refractivity contribution in [2.45, 2.75) is 32.1 Å². The number of rotatable bonds is 0. The topological polar surface area (TPSA) is 0 Å². The molecule has 0 aromatic heterocycles. The Balaban J connectivity index is 2.06. The molecule has 0 bridgehead atoms. The van der Waals surface area contributed by atoms with E-state index in [-0.39, 0.29) is 0 Å². The van der Waals surface area contributed by atoms with Gasteiger partial charge in [0.2, 0.25) is 0 Å². The monoisotopic (exact) mass is 180 g/mol. The number of thioether (sulfide) groups is 1. The summed E-state index contributed by atoms with van der Waals surface area (Å²) < 4.78 is 0. The molecular weight excluding hydrogens is 164 g/mol. The predicted molar refractivity (Wildman–Crippen MR) is 54.4 cm³/mol. The van der Waals surface area contributed by atoms with Gasteiger partial charge in [0.05, 0.1) is 0 Å². The van der Waals surface area contributed by atoms with Crippen molar-refractivity contribution in [2.75, 3.05) is 11.5 Å². The summed E-state index contributed by atoms with van der Waals surface area (Å²) in [7, 11) is 0. The summed E-state index contributed by atoms with van der Waals surface area (Å²) in [6.45, 7) is 0. The van der Waals surface area contributed by atoms with Gasteiger partial charge in [-0.2, -0.15) is 11.8 Å². The highest BCUT2D eigenvalue weighted by atomic mass is 32.2. The van der Waals surface area contributed by atoms with Gasteiger partial charge in [-0.15, -0.1) is 0 Å². The molecule has 12 heavy (non-hydrogen) atoms. The molecule has 0 aromatic carbocycles. The van der Waals surface area contributed by atoms with Crippen molar-refractivity contribution in [3.8, 4) is 0 Å². The van der Waals surface area contributed by atoms with E-state index >= 15 is 0 Å².